The van der Waals surface area contributed by atoms with Crippen LogP contribution in [0.5, 0.6) is 5.75 Å². The van der Waals surface area contributed by atoms with Gasteiger partial charge in [-0.25, -0.2) is 0 Å². The number of unbranched alkanes of at least 4 members (excludes halogenated alkanes) is 6. The van der Waals surface area contributed by atoms with Gasteiger partial charge in [-0.2, -0.15) is 5.26 Å². The van der Waals surface area contributed by atoms with Gasteiger partial charge in [0, 0.05) is 6.54 Å². The van der Waals surface area contributed by atoms with E-state index in [0.29, 0.717) is 12.1 Å². The fraction of sp³-hybridized carbons (Fsp3) is 0.500. The number of nitrogens with one attached hydrogen (secondary N) is 1. The van der Waals surface area contributed by atoms with Crippen molar-refractivity contribution in [2.45, 2.75) is 58.8 Å². The largest absolute Gasteiger partial charge is 0.508 e. The average molecular weight is 328 g/mol. The summed E-state index contributed by atoms with van der Waals surface area (Å²) in [5.41, 5.74) is 1.51. The summed E-state index contributed by atoms with van der Waals surface area (Å²) in [6, 6.07) is 8.49. The van der Waals surface area contributed by atoms with E-state index in [0.717, 1.165) is 18.4 Å². The molecular weight excluding hydrogens is 300 g/mol. The molecule has 0 atom stereocenters. The number of benzene rings is 1. The maximum Gasteiger partial charge on any atom is 0.262 e. The second-order valence-corrected chi connectivity index (χ2v) is 6.04. The molecule has 4 heteroatoms. The number of rotatable bonds is 10. The van der Waals surface area contributed by atoms with Gasteiger partial charge in [-0.3, -0.25) is 4.79 Å². The van der Waals surface area contributed by atoms with Gasteiger partial charge in [0.2, 0.25) is 0 Å². The summed E-state index contributed by atoms with van der Waals surface area (Å²) in [4.78, 5) is 12.2. The van der Waals surface area contributed by atoms with Gasteiger partial charge >= 0.3 is 0 Å². The Morgan fingerprint density at radius 2 is 1.67 bits per heavy atom. The average Bonchev–Trinajstić information content (AvgIpc) is 2.58. The molecule has 24 heavy (non-hydrogen) atoms. The third-order valence-corrected chi connectivity index (χ3v) is 4.08. The number of phenolic OH excluding ortho intramolecular Hbond substituents is 1. The fourth-order valence-corrected chi connectivity index (χ4v) is 2.53. The Kier molecular flexibility index (Phi) is 9.29. The minimum Gasteiger partial charge on any atom is -0.508 e. The Hall–Kier alpha value is -2.28. The van der Waals surface area contributed by atoms with E-state index >= 15 is 0 Å². The SMILES string of the molecule is CCCCCCCCCNC(=O)/C(C#N)=C(/C)c1ccc(O)cc1. The Bertz CT molecular complexity index is 583. The van der Waals surface area contributed by atoms with Crippen LogP contribution in [-0.2, 0) is 4.79 Å². The van der Waals surface area contributed by atoms with Crippen molar-refractivity contribution < 1.29 is 9.90 Å². The number of hydrogen-bond donors (Lipinski definition) is 2. The van der Waals surface area contributed by atoms with E-state index in [-0.39, 0.29) is 17.2 Å². The van der Waals surface area contributed by atoms with Gasteiger partial charge in [0.15, 0.2) is 0 Å². The second-order valence-electron chi connectivity index (χ2n) is 6.04. The number of amides is 1. The molecule has 0 bridgehead atoms. The molecule has 4 nitrogen and oxygen atoms in total. The number of nitrogens with zero attached hydrogens (tertiary/aromatic N) is 1. The van der Waals surface area contributed by atoms with Crippen molar-refractivity contribution in [2.24, 2.45) is 0 Å². The van der Waals surface area contributed by atoms with Crippen LogP contribution < -0.4 is 5.32 Å². The van der Waals surface area contributed by atoms with Crippen molar-refractivity contribution in [1.29, 1.82) is 5.26 Å². The first-order valence-electron chi connectivity index (χ1n) is 8.78. The molecule has 0 unspecified atom stereocenters. The predicted molar refractivity (Wildman–Crippen MR) is 97.3 cm³/mol. The molecule has 0 radical (unpaired) electrons. The molecule has 0 saturated heterocycles. The molecule has 0 heterocycles. The number of aromatic hydroxyl groups is 1. The van der Waals surface area contributed by atoms with E-state index in [4.69, 9.17) is 0 Å². The van der Waals surface area contributed by atoms with Crippen molar-refractivity contribution in [1.82, 2.24) is 5.32 Å². The highest BCUT2D eigenvalue weighted by Gasteiger charge is 2.13. The first kappa shape index (κ1) is 19.8. The lowest BCUT2D eigenvalue weighted by molar-refractivity contribution is -0.117. The van der Waals surface area contributed by atoms with Gasteiger partial charge in [0.05, 0.1) is 0 Å². The lowest BCUT2D eigenvalue weighted by atomic mass is 10.0. The van der Waals surface area contributed by atoms with Crippen molar-refractivity contribution in [3.63, 3.8) is 0 Å². The highest BCUT2D eigenvalue weighted by atomic mass is 16.3. The lowest BCUT2D eigenvalue weighted by Crippen LogP contribution is -2.26. The third kappa shape index (κ3) is 6.87. The predicted octanol–water partition coefficient (Wildman–Crippen LogP) is 4.56. The van der Waals surface area contributed by atoms with Crippen molar-refractivity contribution in [3.8, 4) is 11.8 Å². The van der Waals surface area contributed by atoms with Crippen LogP contribution in [0.3, 0.4) is 0 Å². The zero-order valence-corrected chi connectivity index (χ0v) is 14.8. The number of carbonyl (C=O) groups excluding carboxylic acids is 1. The lowest BCUT2D eigenvalue weighted by Gasteiger charge is -2.08. The minimum absolute atomic E-state index is 0.128. The van der Waals surface area contributed by atoms with Crippen molar-refractivity contribution in [3.05, 3.63) is 35.4 Å². The summed E-state index contributed by atoms with van der Waals surface area (Å²) >= 11 is 0. The fourth-order valence-electron chi connectivity index (χ4n) is 2.53. The van der Waals surface area contributed by atoms with E-state index in [1.165, 1.54) is 32.1 Å². The molecule has 0 aliphatic rings. The van der Waals surface area contributed by atoms with E-state index in [1.54, 1.807) is 31.2 Å². The topological polar surface area (TPSA) is 73.1 Å². The summed E-state index contributed by atoms with van der Waals surface area (Å²) in [7, 11) is 0. The zero-order chi connectivity index (χ0) is 17.8. The molecule has 130 valence electrons. The van der Waals surface area contributed by atoms with Crippen LogP contribution in [0.1, 0.15) is 64.4 Å². The third-order valence-electron chi connectivity index (χ3n) is 4.08. The van der Waals surface area contributed by atoms with Crippen LogP contribution in [0.15, 0.2) is 29.8 Å². The van der Waals surface area contributed by atoms with Crippen LogP contribution >= 0.6 is 0 Å². The molecule has 1 amide bonds. The number of hydrogen-bond acceptors (Lipinski definition) is 3. The Morgan fingerprint density at radius 3 is 2.25 bits per heavy atom. The molecule has 1 aromatic carbocycles. The van der Waals surface area contributed by atoms with Crippen LogP contribution in [0.25, 0.3) is 5.57 Å². The van der Waals surface area contributed by atoms with Gasteiger partial charge < -0.3 is 10.4 Å². The molecular formula is C20H28N2O2. The summed E-state index contributed by atoms with van der Waals surface area (Å²) < 4.78 is 0. The van der Waals surface area contributed by atoms with E-state index < -0.39 is 0 Å². The maximum atomic E-state index is 12.2. The summed E-state index contributed by atoms with van der Waals surface area (Å²) in [5, 5.41) is 21.4. The van der Waals surface area contributed by atoms with Crippen molar-refractivity contribution in [2.75, 3.05) is 6.54 Å². The van der Waals surface area contributed by atoms with Crippen LogP contribution in [0.2, 0.25) is 0 Å². The van der Waals surface area contributed by atoms with Gasteiger partial charge in [-0.05, 0) is 36.6 Å². The highest BCUT2D eigenvalue weighted by Crippen LogP contribution is 2.20. The van der Waals surface area contributed by atoms with Crippen LogP contribution in [-0.4, -0.2) is 17.6 Å². The van der Waals surface area contributed by atoms with Gasteiger partial charge in [0.25, 0.3) is 5.91 Å². The van der Waals surface area contributed by atoms with Gasteiger partial charge in [-0.1, -0.05) is 57.6 Å². The van der Waals surface area contributed by atoms with Crippen LogP contribution in [0.4, 0.5) is 0 Å². The van der Waals surface area contributed by atoms with Gasteiger partial charge in [-0.15, -0.1) is 0 Å². The quantitative estimate of drug-likeness (QED) is 0.376. The molecule has 0 spiro atoms. The van der Waals surface area contributed by atoms with Crippen molar-refractivity contribution >= 4 is 11.5 Å². The maximum absolute atomic E-state index is 12.2. The zero-order valence-electron chi connectivity index (χ0n) is 14.8. The normalized spacial score (nSPS) is 11.5. The first-order chi connectivity index (χ1) is 11.6. The Labute approximate surface area is 145 Å². The molecule has 1 aromatic rings. The number of phenols is 1. The van der Waals surface area contributed by atoms with Crippen LogP contribution in [0, 0.1) is 11.3 Å². The number of carbonyl (C=O) groups is 1. The first-order valence-corrected chi connectivity index (χ1v) is 8.78. The second kappa shape index (κ2) is 11.3. The van der Waals surface area contributed by atoms with E-state index in [2.05, 4.69) is 12.2 Å². The Balaban J connectivity index is 2.45. The number of allylic oxidation sites excluding steroid dienone is 1. The Morgan fingerprint density at radius 1 is 1.08 bits per heavy atom. The molecule has 1 rings (SSSR count). The molecule has 0 saturated carbocycles. The van der Waals surface area contributed by atoms with E-state index in [9.17, 15) is 15.2 Å². The summed E-state index contributed by atoms with van der Waals surface area (Å²) in [6.45, 7) is 4.55. The molecule has 2 N–H and O–H groups in total. The molecule has 0 fully saturated rings. The monoisotopic (exact) mass is 328 g/mol. The van der Waals surface area contributed by atoms with E-state index in [1.807, 2.05) is 6.07 Å². The summed E-state index contributed by atoms with van der Waals surface area (Å²) in [5.74, 6) is -0.164. The van der Waals surface area contributed by atoms with Gasteiger partial charge in [0.1, 0.15) is 17.4 Å². The smallest absolute Gasteiger partial charge is 0.262 e. The molecule has 0 aliphatic carbocycles. The molecule has 0 aliphatic heterocycles. The molecule has 0 aromatic heterocycles. The summed E-state index contributed by atoms with van der Waals surface area (Å²) in [6.07, 6.45) is 8.33. The standard InChI is InChI=1S/C20H28N2O2/c1-3-4-5-6-7-8-9-14-22-20(24)19(15-21)16(2)17-10-12-18(23)13-11-17/h10-13,23H,3-9,14H2,1-2H3,(H,22,24)/b19-16-. The number of nitriles is 1. The minimum atomic E-state index is -0.325. The highest BCUT2D eigenvalue weighted by molar-refractivity contribution is 6.04.